The van der Waals surface area contributed by atoms with Crippen molar-refractivity contribution in [2.45, 2.75) is 33.7 Å². The van der Waals surface area contributed by atoms with Gasteiger partial charge < -0.3 is 10.1 Å². The maximum Gasteiger partial charge on any atom is 0.120 e. The number of hydrogen-bond acceptors (Lipinski definition) is 2. The summed E-state index contributed by atoms with van der Waals surface area (Å²) in [5.41, 5.74) is 0.187. The van der Waals surface area contributed by atoms with Gasteiger partial charge in [0.15, 0.2) is 0 Å². The van der Waals surface area contributed by atoms with Crippen molar-refractivity contribution < 1.29 is 4.74 Å². The van der Waals surface area contributed by atoms with E-state index in [0.29, 0.717) is 12.6 Å². The van der Waals surface area contributed by atoms with E-state index in [1.54, 1.807) is 0 Å². The van der Waals surface area contributed by atoms with Crippen LogP contribution in [0.3, 0.4) is 0 Å². The molecule has 0 fully saturated rings. The Morgan fingerprint density at radius 1 is 1.05 bits per heavy atom. The lowest BCUT2D eigenvalue weighted by Gasteiger charge is -2.31. The molecule has 20 heavy (non-hydrogen) atoms. The van der Waals surface area contributed by atoms with E-state index in [9.17, 15) is 0 Å². The molecule has 0 saturated carbocycles. The molecule has 108 valence electrons. The highest BCUT2D eigenvalue weighted by Crippen LogP contribution is 2.23. The number of likely N-dealkylation sites (N-methyl/N-ethyl adjacent to an activating group) is 1. The third-order valence-electron chi connectivity index (χ3n) is 3.63. The molecule has 2 aromatic rings. The van der Waals surface area contributed by atoms with Crippen LogP contribution in [-0.4, -0.2) is 19.2 Å². The van der Waals surface area contributed by atoms with E-state index in [1.807, 2.05) is 6.07 Å². The Labute approximate surface area is 122 Å². The molecule has 1 atom stereocenters. The predicted molar refractivity (Wildman–Crippen MR) is 86.4 cm³/mol. The lowest BCUT2D eigenvalue weighted by molar-refractivity contribution is 0.176. The van der Waals surface area contributed by atoms with E-state index >= 15 is 0 Å². The summed E-state index contributed by atoms with van der Waals surface area (Å²) in [5, 5.41) is 5.98. The minimum absolute atomic E-state index is 0.187. The van der Waals surface area contributed by atoms with Crippen LogP contribution in [0.4, 0.5) is 0 Å². The van der Waals surface area contributed by atoms with Crippen LogP contribution < -0.4 is 10.1 Å². The summed E-state index contributed by atoms with van der Waals surface area (Å²) in [6.45, 7) is 10.5. The molecular formula is C18H25NO. The number of benzene rings is 2. The van der Waals surface area contributed by atoms with Gasteiger partial charge in [-0.15, -0.1) is 0 Å². The Morgan fingerprint density at radius 3 is 2.40 bits per heavy atom. The van der Waals surface area contributed by atoms with Crippen LogP contribution in [0.1, 0.15) is 27.7 Å². The van der Waals surface area contributed by atoms with E-state index in [0.717, 1.165) is 12.3 Å². The number of ether oxygens (including phenoxy) is 1. The zero-order valence-corrected chi connectivity index (χ0v) is 12.9. The third kappa shape index (κ3) is 3.73. The molecule has 0 bridgehead atoms. The predicted octanol–water partition coefficient (Wildman–Crippen LogP) is 4.24. The van der Waals surface area contributed by atoms with Crippen molar-refractivity contribution >= 4 is 10.8 Å². The van der Waals surface area contributed by atoms with Gasteiger partial charge in [-0.1, -0.05) is 58.0 Å². The SMILES string of the molecule is CCNC(COc1ccc2ccccc2c1)C(C)(C)C. The Bertz CT molecular complexity index is 557. The molecule has 0 aromatic heterocycles. The number of rotatable bonds is 5. The van der Waals surface area contributed by atoms with Gasteiger partial charge in [0.1, 0.15) is 12.4 Å². The first-order chi connectivity index (χ1) is 9.50. The molecule has 0 spiro atoms. The van der Waals surface area contributed by atoms with Gasteiger partial charge in [0.05, 0.1) is 0 Å². The molecule has 2 heteroatoms. The number of nitrogens with one attached hydrogen (secondary N) is 1. The van der Waals surface area contributed by atoms with Crippen LogP contribution in [0.25, 0.3) is 10.8 Å². The molecule has 0 amide bonds. The maximum atomic E-state index is 5.99. The van der Waals surface area contributed by atoms with Gasteiger partial charge in [-0.3, -0.25) is 0 Å². The molecule has 1 unspecified atom stereocenters. The maximum absolute atomic E-state index is 5.99. The van der Waals surface area contributed by atoms with Crippen molar-refractivity contribution in [1.29, 1.82) is 0 Å². The Hall–Kier alpha value is -1.54. The summed E-state index contributed by atoms with van der Waals surface area (Å²) in [6.07, 6.45) is 0. The molecule has 2 aromatic carbocycles. The number of hydrogen-bond donors (Lipinski definition) is 1. The molecule has 0 aliphatic rings. The zero-order chi connectivity index (χ0) is 14.6. The molecule has 0 aliphatic carbocycles. The van der Waals surface area contributed by atoms with Crippen LogP contribution in [0.5, 0.6) is 5.75 Å². The summed E-state index contributed by atoms with van der Waals surface area (Å²) in [7, 11) is 0. The first-order valence-electron chi connectivity index (χ1n) is 7.35. The van der Waals surface area contributed by atoms with E-state index in [2.05, 4.69) is 69.4 Å². The van der Waals surface area contributed by atoms with Crippen molar-refractivity contribution in [2.24, 2.45) is 5.41 Å². The summed E-state index contributed by atoms with van der Waals surface area (Å²) in [6, 6.07) is 15.0. The van der Waals surface area contributed by atoms with E-state index in [4.69, 9.17) is 4.74 Å². The molecule has 0 aliphatic heterocycles. The fourth-order valence-electron chi connectivity index (χ4n) is 2.30. The fraction of sp³-hybridized carbons (Fsp3) is 0.444. The topological polar surface area (TPSA) is 21.3 Å². The second-order valence-corrected chi connectivity index (χ2v) is 6.30. The largest absolute Gasteiger partial charge is 0.492 e. The lowest BCUT2D eigenvalue weighted by atomic mass is 9.87. The van der Waals surface area contributed by atoms with Crippen molar-refractivity contribution in [2.75, 3.05) is 13.2 Å². The molecule has 0 radical (unpaired) electrons. The van der Waals surface area contributed by atoms with Crippen LogP contribution >= 0.6 is 0 Å². The van der Waals surface area contributed by atoms with Gasteiger partial charge >= 0.3 is 0 Å². The average molecular weight is 271 g/mol. The van der Waals surface area contributed by atoms with Gasteiger partial charge in [0.25, 0.3) is 0 Å². The van der Waals surface area contributed by atoms with Crippen LogP contribution in [-0.2, 0) is 0 Å². The van der Waals surface area contributed by atoms with Crippen molar-refractivity contribution in [1.82, 2.24) is 5.32 Å². The van der Waals surface area contributed by atoms with E-state index in [1.165, 1.54) is 10.8 Å². The normalized spacial score (nSPS) is 13.4. The highest BCUT2D eigenvalue weighted by molar-refractivity contribution is 5.83. The van der Waals surface area contributed by atoms with Gasteiger partial charge in [-0.2, -0.15) is 0 Å². The molecule has 0 heterocycles. The monoisotopic (exact) mass is 271 g/mol. The minimum Gasteiger partial charge on any atom is -0.492 e. The van der Waals surface area contributed by atoms with Crippen LogP contribution in [0.15, 0.2) is 42.5 Å². The summed E-state index contributed by atoms with van der Waals surface area (Å²) in [4.78, 5) is 0. The summed E-state index contributed by atoms with van der Waals surface area (Å²) < 4.78 is 5.99. The second-order valence-electron chi connectivity index (χ2n) is 6.30. The van der Waals surface area contributed by atoms with E-state index in [-0.39, 0.29) is 5.41 Å². The van der Waals surface area contributed by atoms with Gasteiger partial charge in [-0.05, 0) is 34.9 Å². The molecule has 2 rings (SSSR count). The van der Waals surface area contributed by atoms with Gasteiger partial charge in [0, 0.05) is 6.04 Å². The van der Waals surface area contributed by atoms with Gasteiger partial charge in [-0.25, -0.2) is 0 Å². The molecule has 0 saturated heterocycles. The quantitative estimate of drug-likeness (QED) is 0.878. The summed E-state index contributed by atoms with van der Waals surface area (Å²) >= 11 is 0. The Morgan fingerprint density at radius 2 is 1.75 bits per heavy atom. The highest BCUT2D eigenvalue weighted by atomic mass is 16.5. The fourth-order valence-corrected chi connectivity index (χ4v) is 2.30. The highest BCUT2D eigenvalue weighted by Gasteiger charge is 2.24. The van der Waals surface area contributed by atoms with Crippen molar-refractivity contribution in [3.8, 4) is 5.75 Å². The van der Waals surface area contributed by atoms with Crippen molar-refractivity contribution in [3.63, 3.8) is 0 Å². The summed E-state index contributed by atoms with van der Waals surface area (Å²) in [5.74, 6) is 0.941. The van der Waals surface area contributed by atoms with E-state index < -0.39 is 0 Å². The molecule has 1 N–H and O–H groups in total. The third-order valence-corrected chi connectivity index (χ3v) is 3.63. The Balaban J connectivity index is 2.07. The smallest absolute Gasteiger partial charge is 0.120 e. The average Bonchev–Trinajstić information content (AvgIpc) is 2.42. The molecular weight excluding hydrogens is 246 g/mol. The Kier molecular flexibility index (Phi) is 4.66. The number of fused-ring (bicyclic) bond motifs is 1. The lowest BCUT2D eigenvalue weighted by Crippen LogP contribution is -2.44. The van der Waals surface area contributed by atoms with Crippen molar-refractivity contribution in [3.05, 3.63) is 42.5 Å². The van der Waals surface area contributed by atoms with Gasteiger partial charge in [0.2, 0.25) is 0 Å². The first kappa shape index (κ1) is 14.9. The minimum atomic E-state index is 0.187. The second kappa shape index (κ2) is 6.27. The zero-order valence-electron chi connectivity index (χ0n) is 12.9. The van der Waals surface area contributed by atoms with Crippen LogP contribution in [0, 0.1) is 5.41 Å². The standard InChI is InChI=1S/C18H25NO/c1-5-19-17(18(2,3)4)13-20-16-11-10-14-8-6-7-9-15(14)12-16/h6-12,17,19H,5,13H2,1-4H3. The first-order valence-corrected chi connectivity index (χ1v) is 7.35. The van der Waals surface area contributed by atoms with Crippen LogP contribution in [0.2, 0.25) is 0 Å². The molecule has 2 nitrogen and oxygen atoms in total.